The number of carbonyl (C=O) groups excluding carboxylic acids is 2. The molecule has 2 N–H and O–H groups in total. The van der Waals surface area contributed by atoms with E-state index in [0.717, 1.165) is 25.0 Å². The summed E-state index contributed by atoms with van der Waals surface area (Å²) in [5.74, 6) is -1.61. The van der Waals surface area contributed by atoms with Crippen LogP contribution in [0.5, 0.6) is 0 Å². The molecule has 0 radical (unpaired) electrons. The molecule has 0 spiro atoms. The molecular weight excluding hydrogens is 352 g/mol. The lowest BCUT2D eigenvalue weighted by molar-refractivity contribution is -0.134. The van der Waals surface area contributed by atoms with Crippen molar-refractivity contribution in [3.63, 3.8) is 0 Å². The molecule has 1 aliphatic carbocycles. The average molecular weight is 379 g/mol. The van der Waals surface area contributed by atoms with Gasteiger partial charge in [-0.15, -0.1) is 0 Å². The SMILES string of the molecule is O=C(CC1C(=O)NCCN1Cc1ccc(F)c(F)c1)NCC1CCCCC1. The van der Waals surface area contributed by atoms with Crippen LogP contribution in [0.1, 0.15) is 44.1 Å². The lowest BCUT2D eigenvalue weighted by Gasteiger charge is -2.34. The third-order valence-electron chi connectivity index (χ3n) is 5.50. The predicted molar refractivity (Wildman–Crippen MR) is 97.8 cm³/mol. The first-order valence-electron chi connectivity index (χ1n) is 9.75. The van der Waals surface area contributed by atoms with Gasteiger partial charge in [-0.1, -0.05) is 25.3 Å². The van der Waals surface area contributed by atoms with Gasteiger partial charge in [-0.05, 0) is 36.5 Å². The van der Waals surface area contributed by atoms with Crippen LogP contribution < -0.4 is 10.6 Å². The average Bonchev–Trinajstić information content (AvgIpc) is 2.67. The van der Waals surface area contributed by atoms with Crippen LogP contribution in [0.25, 0.3) is 0 Å². The Hall–Kier alpha value is -2.02. The monoisotopic (exact) mass is 379 g/mol. The van der Waals surface area contributed by atoms with E-state index in [0.29, 0.717) is 37.7 Å². The highest BCUT2D eigenvalue weighted by Gasteiger charge is 2.31. The predicted octanol–water partition coefficient (Wildman–Crippen LogP) is 2.35. The van der Waals surface area contributed by atoms with Crippen molar-refractivity contribution in [1.29, 1.82) is 0 Å². The molecular formula is C20H27F2N3O2. The van der Waals surface area contributed by atoms with E-state index in [2.05, 4.69) is 10.6 Å². The van der Waals surface area contributed by atoms with Crippen molar-refractivity contribution in [1.82, 2.24) is 15.5 Å². The molecule has 1 aromatic rings. The third kappa shape index (κ3) is 5.48. The number of rotatable bonds is 6. The lowest BCUT2D eigenvalue weighted by atomic mass is 9.89. The normalized spacial score (nSPS) is 21.7. The molecule has 1 saturated carbocycles. The lowest BCUT2D eigenvalue weighted by Crippen LogP contribution is -2.56. The van der Waals surface area contributed by atoms with E-state index in [9.17, 15) is 18.4 Å². The van der Waals surface area contributed by atoms with E-state index >= 15 is 0 Å². The maximum absolute atomic E-state index is 13.5. The van der Waals surface area contributed by atoms with Crippen molar-refractivity contribution in [2.75, 3.05) is 19.6 Å². The van der Waals surface area contributed by atoms with E-state index < -0.39 is 17.7 Å². The van der Waals surface area contributed by atoms with Crippen LogP contribution in [0.4, 0.5) is 8.78 Å². The Morgan fingerprint density at radius 3 is 2.70 bits per heavy atom. The summed E-state index contributed by atoms with van der Waals surface area (Å²) in [5.41, 5.74) is 0.580. The van der Waals surface area contributed by atoms with Gasteiger partial charge in [-0.2, -0.15) is 0 Å². The minimum atomic E-state index is -0.907. The van der Waals surface area contributed by atoms with Crippen molar-refractivity contribution < 1.29 is 18.4 Å². The van der Waals surface area contributed by atoms with Gasteiger partial charge in [-0.3, -0.25) is 14.5 Å². The zero-order chi connectivity index (χ0) is 19.2. The maximum atomic E-state index is 13.5. The smallest absolute Gasteiger partial charge is 0.237 e. The summed E-state index contributed by atoms with van der Waals surface area (Å²) in [6.45, 7) is 2.00. The van der Waals surface area contributed by atoms with Crippen molar-refractivity contribution in [3.05, 3.63) is 35.4 Å². The Morgan fingerprint density at radius 2 is 1.96 bits per heavy atom. The standard InChI is InChI=1S/C20H27F2N3O2/c21-16-7-6-15(10-17(16)22)13-25-9-8-23-20(27)18(25)11-19(26)24-12-14-4-2-1-3-5-14/h6-7,10,14,18H,1-5,8-9,11-13H2,(H,23,27)(H,24,26). The Labute approximate surface area is 158 Å². The summed E-state index contributed by atoms with van der Waals surface area (Å²) in [6.07, 6.45) is 6.06. The fourth-order valence-corrected chi connectivity index (χ4v) is 3.94. The topological polar surface area (TPSA) is 61.4 Å². The maximum Gasteiger partial charge on any atom is 0.237 e. The van der Waals surface area contributed by atoms with Crippen molar-refractivity contribution in [2.45, 2.75) is 51.1 Å². The highest BCUT2D eigenvalue weighted by Crippen LogP contribution is 2.23. The molecule has 0 aromatic heterocycles. The molecule has 0 bridgehead atoms. The molecule has 1 saturated heterocycles. The van der Waals surface area contributed by atoms with Crippen LogP contribution in [-0.4, -0.2) is 42.4 Å². The van der Waals surface area contributed by atoms with E-state index in [1.54, 1.807) is 0 Å². The van der Waals surface area contributed by atoms with Crippen LogP contribution in [-0.2, 0) is 16.1 Å². The number of nitrogens with zero attached hydrogens (tertiary/aromatic N) is 1. The van der Waals surface area contributed by atoms with E-state index in [1.165, 1.54) is 25.3 Å². The molecule has 2 aliphatic rings. The molecule has 1 aliphatic heterocycles. The summed E-state index contributed by atoms with van der Waals surface area (Å²) in [6, 6.07) is 3.13. The summed E-state index contributed by atoms with van der Waals surface area (Å²) < 4.78 is 26.6. The Morgan fingerprint density at radius 1 is 1.19 bits per heavy atom. The highest BCUT2D eigenvalue weighted by atomic mass is 19.2. The number of hydrogen-bond acceptors (Lipinski definition) is 3. The summed E-state index contributed by atoms with van der Waals surface area (Å²) in [4.78, 5) is 26.5. The van der Waals surface area contributed by atoms with E-state index in [4.69, 9.17) is 0 Å². The van der Waals surface area contributed by atoms with Gasteiger partial charge in [0.1, 0.15) is 0 Å². The number of benzene rings is 1. The number of piperazine rings is 1. The number of carbonyl (C=O) groups is 2. The largest absolute Gasteiger partial charge is 0.356 e. The summed E-state index contributed by atoms with van der Waals surface area (Å²) in [7, 11) is 0. The minimum Gasteiger partial charge on any atom is -0.356 e. The fraction of sp³-hybridized carbons (Fsp3) is 0.600. The van der Waals surface area contributed by atoms with Crippen molar-refractivity contribution >= 4 is 11.8 Å². The zero-order valence-corrected chi connectivity index (χ0v) is 15.5. The number of halogens is 2. The number of nitrogens with one attached hydrogen (secondary N) is 2. The molecule has 1 atom stereocenters. The zero-order valence-electron chi connectivity index (χ0n) is 15.5. The molecule has 27 heavy (non-hydrogen) atoms. The van der Waals surface area contributed by atoms with Crippen LogP contribution in [0.15, 0.2) is 18.2 Å². The third-order valence-corrected chi connectivity index (χ3v) is 5.50. The second-order valence-corrected chi connectivity index (χ2v) is 7.54. The van der Waals surface area contributed by atoms with Crippen LogP contribution in [0.3, 0.4) is 0 Å². The first-order chi connectivity index (χ1) is 13.0. The van der Waals surface area contributed by atoms with Gasteiger partial charge < -0.3 is 10.6 Å². The summed E-state index contributed by atoms with van der Waals surface area (Å²) >= 11 is 0. The minimum absolute atomic E-state index is 0.0717. The van der Waals surface area contributed by atoms with E-state index in [-0.39, 0.29) is 18.2 Å². The molecule has 1 aromatic carbocycles. The molecule has 7 heteroatoms. The Balaban J connectivity index is 1.57. The van der Waals surface area contributed by atoms with Crippen molar-refractivity contribution in [2.24, 2.45) is 5.92 Å². The Kier molecular flexibility index (Phi) is 6.77. The molecule has 2 fully saturated rings. The first kappa shape index (κ1) is 19.7. The molecule has 3 rings (SSSR count). The van der Waals surface area contributed by atoms with Gasteiger partial charge in [0.25, 0.3) is 0 Å². The Bertz CT molecular complexity index is 677. The number of amides is 2. The van der Waals surface area contributed by atoms with Gasteiger partial charge in [0.2, 0.25) is 11.8 Å². The fourth-order valence-electron chi connectivity index (χ4n) is 3.94. The van der Waals surface area contributed by atoms with E-state index in [1.807, 2.05) is 4.90 Å². The molecule has 2 amide bonds. The van der Waals surface area contributed by atoms with Crippen LogP contribution >= 0.6 is 0 Å². The second-order valence-electron chi connectivity index (χ2n) is 7.54. The van der Waals surface area contributed by atoms with Gasteiger partial charge in [0, 0.05) is 26.2 Å². The van der Waals surface area contributed by atoms with Gasteiger partial charge >= 0.3 is 0 Å². The second kappa shape index (κ2) is 9.26. The van der Waals surface area contributed by atoms with Gasteiger partial charge in [0.05, 0.1) is 12.5 Å². The molecule has 5 nitrogen and oxygen atoms in total. The van der Waals surface area contributed by atoms with Gasteiger partial charge in [-0.25, -0.2) is 8.78 Å². The summed E-state index contributed by atoms with van der Waals surface area (Å²) in [5, 5.41) is 5.75. The number of hydrogen-bond donors (Lipinski definition) is 2. The highest BCUT2D eigenvalue weighted by molar-refractivity contribution is 5.88. The van der Waals surface area contributed by atoms with Gasteiger partial charge in [0.15, 0.2) is 11.6 Å². The van der Waals surface area contributed by atoms with Crippen LogP contribution in [0, 0.1) is 17.6 Å². The molecule has 1 unspecified atom stereocenters. The molecule has 1 heterocycles. The van der Waals surface area contributed by atoms with Crippen molar-refractivity contribution in [3.8, 4) is 0 Å². The van der Waals surface area contributed by atoms with Crippen LogP contribution in [0.2, 0.25) is 0 Å². The quantitative estimate of drug-likeness (QED) is 0.798. The first-order valence-corrected chi connectivity index (χ1v) is 9.75. The molecule has 148 valence electrons.